The average Bonchev–Trinajstić information content (AvgIpc) is 2.01. The van der Waals surface area contributed by atoms with Crippen LogP contribution in [0.4, 0.5) is 0 Å². The van der Waals surface area contributed by atoms with Gasteiger partial charge in [0.2, 0.25) is 0 Å². The van der Waals surface area contributed by atoms with Gasteiger partial charge in [-0.05, 0) is 25.0 Å². The second-order valence-electron chi connectivity index (χ2n) is 3.99. The largest absolute Gasteiger partial charge is 0.481 e. The molecule has 1 aromatic carbocycles. The fourth-order valence-electron chi connectivity index (χ4n) is 1.26. The number of benzene rings is 1. The molecule has 0 unspecified atom stereocenters. The van der Waals surface area contributed by atoms with Crippen molar-refractivity contribution in [3.8, 4) is 0 Å². The molecule has 0 fully saturated rings. The van der Waals surface area contributed by atoms with E-state index in [1.54, 1.807) is 6.07 Å². The summed E-state index contributed by atoms with van der Waals surface area (Å²) in [6.07, 6.45) is 0.0456. The number of hydrogen-bond donors (Lipinski definition) is 2. The zero-order valence-electron chi connectivity index (χ0n) is 8.45. The molecule has 0 aromatic heterocycles. The molecule has 1 rings (SSSR count). The summed E-state index contributed by atoms with van der Waals surface area (Å²) in [7, 11) is 0. The van der Waals surface area contributed by atoms with Crippen molar-refractivity contribution in [3.05, 3.63) is 35.4 Å². The molecule has 3 N–H and O–H groups in total. The van der Waals surface area contributed by atoms with Gasteiger partial charge in [-0.15, -0.1) is 0 Å². The van der Waals surface area contributed by atoms with E-state index in [2.05, 4.69) is 0 Å². The van der Waals surface area contributed by atoms with Crippen molar-refractivity contribution in [2.24, 2.45) is 5.73 Å². The number of hydrogen-bond acceptors (Lipinski definition) is 2. The Bertz CT molecular complexity index is 339. The summed E-state index contributed by atoms with van der Waals surface area (Å²) < 4.78 is 0. The summed E-state index contributed by atoms with van der Waals surface area (Å²) >= 11 is 0. The molecule has 0 bridgehead atoms. The number of nitrogens with two attached hydrogens (primary N) is 1. The zero-order chi connectivity index (χ0) is 10.8. The molecule has 3 nitrogen and oxygen atoms in total. The zero-order valence-corrected chi connectivity index (χ0v) is 8.45. The first-order valence-corrected chi connectivity index (χ1v) is 4.49. The molecule has 0 atom stereocenters. The second kappa shape index (κ2) is 3.80. The van der Waals surface area contributed by atoms with Crippen LogP contribution in [0.2, 0.25) is 0 Å². The van der Waals surface area contributed by atoms with Crippen LogP contribution in [0.25, 0.3) is 0 Å². The Morgan fingerprint density at radius 1 is 1.50 bits per heavy atom. The number of carboxylic acid groups (broad SMARTS) is 1. The molecule has 3 heteroatoms. The van der Waals surface area contributed by atoms with E-state index < -0.39 is 11.5 Å². The van der Waals surface area contributed by atoms with E-state index in [1.807, 2.05) is 32.0 Å². The summed E-state index contributed by atoms with van der Waals surface area (Å²) in [5.74, 6) is -0.822. The van der Waals surface area contributed by atoms with Crippen molar-refractivity contribution >= 4 is 5.97 Å². The minimum absolute atomic E-state index is 0.0456. The summed E-state index contributed by atoms with van der Waals surface area (Å²) in [6.45, 7) is 3.79. The second-order valence-corrected chi connectivity index (χ2v) is 3.99. The highest BCUT2D eigenvalue weighted by molar-refractivity contribution is 5.70. The molecule has 0 radical (unpaired) electrons. The monoisotopic (exact) mass is 193 g/mol. The van der Waals surface area contributed by atoms with Crippen LogP contribution in [0.1, 0.15) is 25.0 Å². The van der Waals surface area contributed by atoms with Crippen LogP contribution < -0.4 is 5.73 Å². The van der Waals surface area contributed by atoms with Gasteiger partial charge in [0.25, 0.3) is 0 Å². The molecule has 0 aliphatic heterocycles. The first-order valence-electron chi connectivity index (χ1n) is 4.49. The molecular weight excluding hydrogens is 178 g/mol. The van der Waals surface area contributed by atoms with Gasteiger partial charge in [-0.2, -0.15) is 0 Å². The molecule has 0 aliphatic carbocycles. The van der Waals surface area contributed by atoms with E-state index in [0.717, 1.165) is 11.1 Å². The van der Waals surface area contributed by atoms with Gasteiger partial charge in [0.1, 0.15) is 0 Å². The van der Waals surface area contributed by atoms with E-state index in [1.165, 1.54) is 0 Å². The number of rotatable bonds is 3. The first kappa shape index (κ1) is 10.7. The minimum atomic E-state index is -0.822. The third-order valence-electron chi connectivity index (χ3n) is 2.03. The van der Waals surface area contributed by atoms with E-state index >= 15 is 0 Å². The van der Waals surface area contributed by atoms with Gasteiger partial charge in [0.15, 0.2) is 0 Å². The standard InChI is InChI=1S/C11H15NO2/c1-11(2,12)9-5-3-4-8(6-9)7-10(13)14/h3-6H,7,12H2,1-2H3,(H,13,14). The highest BCUT2D eigenvalue weighted by atomic mass is 16.4. The third-order valence-corrected chi connectivity index (χ3v) is 2.03. The average molecular weight is 193 g/mol. The van der Waals surface area contributed by atoms with Crippen LogP contribution in [-0.2, 0) is 16.8 Å². The minimum Gasteiger partial charge on any atom is -0.481 e. The predicted molar refractivity (Wildman–Crippen MR) is 55.0 cm³/mol. The van der Waals surface area contributed by atoms with Crippen molar-refractivity contribution in [2.45, 2.75) is 25.8 Å². The summed E-state index contributed by atoms with van der Waals surface area (Å²) in [5.41, 5.74) is 7.23. The fraction of sp³-hybridized carbons (Fsp3) is 0.364. The van der Waals surface area contributed by atoms with Crippen molar-refractivity contribution in [3.63, 3.8) is 0 Å². The van der Waals surface area contributed by atoms with Crippen molar-refractivity contribution in [1.29, 1.82) is 0 Å². The maximum atomic E-state index is 10.5. The molecule has 0 amide bonds. The highest BCUT2D eigenvalue weighted by Gasteiger charge is 2.14. The summed E-state index contributed by atoms with van der Waals surface area (Å²) in [4.78, 5) is 10.5. The lowest BCUT2D eigenvalue weighted by atomic mass is 9.93. The molecular formula is C11H15NO2. The van der Waals surface area contributed by atoms with Gasteiger partial charge in [0, 0.05) is 5.54 Å². The van der Waals surface area contributed by atoms with Gasteiger partial charge in [0.05, 0.1) is 6.42 Å². The van der Waals surface area contributed by atoms with E-state index in [0.29, 0.717) is 0 Å². The van der Waals surface area contributed by atoms with Crippen molar-refractivity contribution < 1.29 is 9.90 Å². The molecule has 0 aliphatic rings. The smallest absolute Gasteiger partial charge is 0.307 e. The topological polar surface area (TPSA) is 63.3 Å². The maximum absolute atomic E-state index is 10.5. The first-order chi connectivity index (χ1) is 6.39. The lowest BCUT2D eigenvalue weighted by Crippen LogP contribution is -2.28. The van der Waals surface area contributed by atoms with E-state index in [-0.39, 0.29) is 6.42 Å². The van der Waals surface area contributed by atoms with Gasteiger partial charge in [-0.3, -0.25) is 4.79 Å². The van der Waals surface area contributed by atoms with Crippen LogP contribution in [0.5, 0.6) is 0 Å². The number of carbonyl (C=O) groups is 1. The van der Waals surface area contributed by atoms with Gasteiger partial charge in [-0.25, -0.2) is 0 Å². The van der Waals surface area contributed by atoms with E-state index in [4.69, 9.17) is 10.8 Å². The van der Waals surface area contributed by atoms with E-state index in [9.17, 15) is 4.79 Å². The summed E-state index contributed by atoms with van der Waals surface area (Å²) in [6, 6.07) is 7.38. The Kier molecular flexibility index (Phi) is 2.91. The number of carboxylic acids is 1. The molecule has 0 saturated carbocycles. The van der Waals surface area contributed by atoms with Gasteiger partial charge < -0.3 is 10.8 Å². The van der Waals surface area contributed by atoms with Gasteiger partial charge >= 0.3 is 5.97 Å². The highest BCUT2D eigenvalue weighted by Crippen LogP contribution is 2.18. The lowest BCUT2D eigenvalue weighted by molar-refractivity contribution is -0.136. The molecule has 0 saturated heterocycles. The normalized spacial score (nSPS) is 11.4. The molecule has 0 spiro atoms. The van der Waals surface area contributed by atoms with Crippen LogP contribution in [-0.4, -0.2) is 11.1 Å². The van der Waals surface area contributed by atoms with Crippen LogP contribution in [0, 0.1) is 0 Å². The maximum Gasteiger partial charge on any atom is 0.307 e. The quantitative estimate of drug-likeness (QED) is 0.764. The molecule has 76 valence electrons. The Morgan fingerprint density at radius 3 is 2.64 bits per heavy atom. The van der Waals surface area contributed by atoms with Crippen LogP contribution >= 0.6 is 0 Å². The fourth-order valence-corrected chi connectivity index (χ4v) is 1.26. The van der Waals surface area contributed by atoms with Crippen LogP contribution in [0.15, 0.2) is 24.3 Å². The predicted octanol–water partition coefficient (Wildman–Crippen LogP) is 1.51. The molecule has 1 aromatic rings. The number of aliphatic carboxylic acids is 1. The summed E-state index contributed by atoms with van der Waals surface area (Å²) in [5, 5.41) is 8.63. The SMILES string of the molecule is CC(C)(N)c1cccc(CC(=O)O)c1. The van der Waals surface area contributed by atoms with Gasteiger partial charge in [-0.1, -0.05) is 24.3 Å². The molecule has 14 heavy (non-hydrogen) atoms. The Balaban J connectivity index is 2.95. The Labute approximate surface area is 83.6 Å². The molecule has 0 heterocycles. The van der Waals surface area contributed by atoms with Crippen molar-refractivity contribution in [2.75, 3.05) is 0 Å². The van der Waals surface area contributed by atoms with Crippen LogP contribution in [0.3, 0.4) is 0 Å². The van der Waals surface area contributed by atoms with Crippen molar-refractivity contribution in [1.82, 2.24) is 0 Å². The Hall–Kier alpha value is -1.35. The third kappa shape index (κ3) is 2.85. The Morgan fingerprint density at radius 2 is 2.14 bits per heavy atom. The lowest BCUT2D eigenvalue weighted by Gasteiger charge is -2.19.